The zero-order chi connectivity index (χ0) is 20.1. The van der Waals surface area contributed by atoms with Crippen LogP contribution in [-0.2, 0) is 4.79 Å². The van der Waals surface area contributed by atoms with Crippen molar-refractivity contribution in [1.29, 1.82) is 0 Å². The van der Waals surface area contributed by atoms with Crippen LogP contribution in [0.5, 0.6) is 0 Å². The van der Waals surface area contributed by atoms with Crippen molar-refractivity contribution in [3.8, 4) is 0 Å². The maximum atomic E-state index is 13.4. The molecule has 1 aliphatic carbocycles. The average molecular weight is 415 g/mol. The van der Waals surface area contributed by atoms with Crippen molar-refractivity contribution >= 4 is 49.1 Å². The Morgan fingerprint density at radius 1 is 1.32 bits per heavy atom. The highest BCUT2D eigenvalue weighted by Gasteiger charge is 2.31. The molecule has 4 rings (SSSR count). The second-order valence-corrected chi connectivity index (χ2v) is 9.66. The Hall–Kier alpha value is -1.97. The average Bonchev–Trinajstić information content (AvgIpc) is 3.33. The number of fused-ring (bicyclic) bond motifs is 1. The monoisotopic (exact) mass is 414 g/mol. The number of halogens is 1. The summed E-state index contributed by atoms with van der Waals surface area (Å²) in [6, 6.07) is 9.56. The molecule has 5 nitrogen and oxygen atoms in total. The predicted octanol–water partition coefficient (Wildman–Crippen LogP) is 4.86. The quantitative estimate of drug-likeness (QED) is 0.573. The van der Waals surface area contributed by atoms with Crippen molar-refractivity contribution in [3.63, 3.8) is 0 Å². The van der Waals surface area contributed by atoms with Gasteiger partial charge in [-0.25, -0.2) is 9.50 Å². The molecule has 0 spiro atoms. The van der Waals surface area contributed by atoms with E-state index in [1.807, 2.05) is 30.5 Å². The van der Waals surface area contributed by atoms with Gasteiger partial charge in [-0.3, -0.25) is 9.69 Å². The smallest absolute Gasteiger partial charge is 0.232 e. The second-order valence-electron chi connectivity index (χ2n) is 8.61. The van der Waals surface area contributed by atoms with Crippen LogP contribution in [-0.4, -0.2) is 20.5 Å². The van der Waals surface area contributed by atoms with Crippen LogP contribution in [0.15, 0.2) is 36.5 Å². The van der Waals surface area contributed by atoms with Gasteiger partial charge in [0, 0.05) is 24.1 Å². The van der Waals surface area contributed by atoms with Crippen LogP contribution in [0.25, 0.3) is 5.65 Å². The molecule has 7 heteroatoms. The van der Waals surface area contributed by atoms with Gasteiger partial charge < -0.3 is 0 Å². The van der Waals surface area contributed by atoms with Crippen LogP contribution >= 0.6 is 20.8 Å². The summed E-state index contributed by atoms with van der Waals surface area (Å²) in [5.74, 6) is 0.478. The number of rotatable bonds is 4. The number of nitrogens with zero attached hydrogens (tertiary/aromatic N) is 4. The lowest BCUT2D eigenvalue weighted by Gasteiger charge is -2.27. The Kier molecular flexibility index (Phi) is 4.93. The van der Waals surface area contributed by atoms with E-state index in [-0.39, 0.29) is 11.3 Å². The lowest BCUT2D eigenvalue weighted by molar-refractivity contribution is -0.119. The molecule has 2 heterocycles. The fourth-order valence-electron chi connectivity index (χ4n) is 3.38. The Balaban J connectivity index is 1.90. The normalized spacial score (nSPS) is 14.5. The summed E-state index contributed by atoms with van der Waals surface area (Å²) in [6.45, 7) is 6.18. The van der Waals surface area contributed by atoms with Crippen LogP contribution in [0.4, 0.5) is 11.4 Å². The van der Waals surface area contributed by atoms with Crippen molar-refractivity contribution in [2.24, 2.45) is 5.41 Å². The fourth-order valence-corrected chi connectivity index (χ4v) is 3.84. The number of carbonyl (C=O) groups is 1. The number of benzene rings is 1. The number of hydrogen-bond donors (Lipinski definition) is 0. The maximum absolute atomic E-state index is 13.4. The van der Waals surface area contributed by atoms with Gasteiger partial charge in [-0.15, -0.1) is 9.24 Å². The Bertz CT molecular complexity index is 1050. The van der Waals surface area contributed by atoms with Gasteiger partial charge in [0.2, 0.25) is 5.91 Å². The summed E-state index contributed by atoms with van der Waals surface area (Å²) in [7, 11) is 2.68. The number of anilines is 2. The summed E-state index contributed by atoms with van der Waals surface area (Å²) in [5.41, 5.74) is 3.03. The van der Waals surface area contributed by atoms with Crippen LogP contribution in [0.1, 0.15) is 51.6 Å². The third-order valence-electron chi connectivity index (χ3n) is 4.74. The molecule has 1 saturated carbocycles. The van der Waals surface area contributed by atoms with E-state index in [0.29, 0.717) is 28.8 Å². The zero-order valence-corrected chi connectivity index (χ0v) is 18.2. The van der Waals surface area contributed by atoms with E-state index in [2.05, 4.69) is 40.1 Å². The van der Waals surface area contributed by atoms with Gasteiger partial charge in [-0.05, 0) is 35.7 Å². The molecule has 28 heavy (non-hydrogen) atoms. The first-order valence-corrected chi connectivity index (χ1v) is 10.4. The third-order valence-corrected chi connectivity index (χ3v) is 5.28. The molecule has 1 amide bonds. The first kappa shape index (κ1) is 19.4. The van der Waals surface area contributed by atoms with E-state index < -0.39 is 0 Å². The summed E-state index contributed by atoms with van der Waals surface area (Å²) in [5, 5.41) is 5.81. The van der Waals surface area contributed by atoms with Crippen LogP contribution in [0.3, 0.4) is 0 Å². The van der Waals surface area contributed by atoms with Crippen molar-refractivity contribution in [3.05, 3.63) is 47.4 Å². The van der Waals surface area contributed by atoms with Crippen molar-refractivity contribution in [1.82, 2.24) is 14.6 Å². The van der Waals surface area contributed by atoms with E-state index in [9.17, 15) is 4.79 Å². The first-order valence-electron chi connectivity index (χ1n) is 9.45. The molecule has 1 fully saturated rings. The van der Waals surface area contributed by atoms with Crippen LogP contribution in [0.2, 0.25) is 5.15 Å². The minimum Gasteiger partial charge on any atom is -0.277 e. The molecule has 1 aromatic carbocycles. The minimum atomic E-state index is -0.143. The predicted molar refractivity (Wildman–Crippen MR) is 117 cm³/mol. The molecule has 1 aliphatic rings. The molecular formula is C21H24ClN4OP. The lowest BCUT2D eigenvalue weighted by Crippen LogP contribution is -2.30. The van der Waals surface area contributed by atoms with Crippen LogP contribution < -0.4 is 10.2 Å². The van der Waals surface area contributed by atoms with Crippen molar-refractivity contribution in [2.45, 2.75) is 46.0 Å². The SMILES string of the molecule is CC(C)(C)CC(=O)N(c1cccc(P)c1)c1cc(Cl)nn2c(C3CC3)cnc12. The molecule has 0 radical (unpaired) electrons. The van der Waals surface area contributed by atoms with Gasteiger partial charge >= 0.3 is 0 Å². The molecule has 0 saturated heterocycles. The van der Waals surface area contributed by atoms with Crippen LogP contribution in [0, 0.1) is 5.41 Å². The van der Waals surface area contributed by atoms with Gasteiger partial charge in [0.25, 0.3) is 0 Å². The van der Waals surface area contributed by atoms with Gasteiger partial charge in [0.15, 0.2) is 10.8 Å². The zero-order valence-electron chi connectivity index (χ0n) is 16.3. The highest BCUT2D eigenvalue weighted by atomic mass is 35.5. The number of carbonyl (C=O) groups excluding carboxylic acids is 1. The molecular weight excluding hydrogens is 391 g/mol. The topological polar surface area (TPSA) is 50.5 Å². The van der Waals surface area contributed by atoms with Crippen molar-refractivity contribution < 1.29 is 4.79 Å². The van der Waals surface area contributed by atoms with E-state index >= 15 is 0 Å². The number of hydrogen-bond acceptors (Lipinski definition) is 3. The molecule has 0 N–H and O–H groups in total. The summed E-state index contributed by atoms with van der Waals surface area (Å²) in [4.78, 5) is 19.7. The molecule has 1 atom stereocenters. The summed E-state index contributed by atoms with van der Waals surface area (Å²) in [6.07, 6.45) is 4.53. The lowest BCUT2D eigenvalue weighted by atomic mass is 9.91. The van der Waals surface area contributed by atoms with Gasteiger partial charge in [-0.2, -0.15) is 5.10 Å². The molecule has 146 valence electrons. The first-order chi connectivity index (χ1) is 13.2. The minimum absolute atomic E-state index is 0.00300. The van der Waals surface area contributed by atoms with E-state index in [1.54, 1.807) is 15.5 Å². The van der Waals surface area contributed by atoms with E-state index in [1.165, 1.54) is 0 Å². The maximum Gasteiger partial charge on any atom is 0.232 e. The van der Waals surface area contributed by atoms with Gasteiger partial charge in [0.05, 0.1) is 17.6 Å². The molecule has 3 aromatic rings. The van der Waals surface area contributed by atoms with Gasteiger partial charge in [-0.1, -0.05) is 44.5 Å². The molecule has 0 aliphatic heterocycles. The Labute approximate surface area is 172 Å². The molecule has 1 unspecified atom stereocenters. The number of amides is 1. The third kappa shape index (κ3) is 3.92. The molecule has 2 aromatic heterocycles. The Morgan fingerprint density at radius 3 is 2.71 bits per heavy atom. The Morgan fingerprint density at radius 2 is 2.07 bits per heavy atom. The van der Waals surface area contributed by atoms with E-state index in [0.717, 1.165) is 29.5 Å². The fraction of sp³-hybridized carbons (Fsp3) is 0.381. The largest absolute Gasteiger partial charge is 0.277 e. The number of imidazole rings is 1. The second kappa shape index (κ2) is 7.13. The summed E-state index contributed by atoms with van der Waals surface area (Å²) < 4.78 is 1.80. The standard InChI is InChI=1S/C21H24ClN4OP/c1-21(2,3)11-19(27)25(14-5-4-6-15(28)9-14)16-10-18(22)24-26-17(13-7-8-13)12-23-20(16)26/h4-6,9-10,12-13H,7-8,11,28H2,1-3H3. The van der Waals surface area contributed by atoms with Gasteiger partial charge in [0.1, 0.15) is 0 Å². The summed E-state index contributed by atoms with van der Waals surface area (Å²) >= 11 is 6.38. The highest BCUT2D eigenvalue weighted by molar-refractivity contribution is 7.27. The molecule has 0 bridgehead atoms. The van der Waals surface area contributed by atoms with Crippen molar-refractivity contribution in [2.75, 3.05) is 4.90 Å². The highest BCUT2D eigenvalue weighted by Crippen LogP contribution is 2.41. The van der Waals surface area contributed by atoms with E-state index in [4.69, 9.17) is 11.6 Å². The number of aromatic nitrogens is 3.